The third-order valence-electron chi connectivity index (χ3n) is 2.27. The van der Waals surface area contributed by atoms with E-state index >= 15 is 0 Å². The van der Waals surface area contributed by atoms with Crippen molar-refractivity contribution in [2.75, 3.05) is 6.54 Å². The monoisotopic (exact) mass is 214 g/mol. The molecule has 0 spiro atoms. The molecule has 2 heterocycles. The zero-order valence-electron chi connectivity index (χ0n) is 9.22. The summed E-state index contributed by atoms with van der Waals surface area (Å²) in [4.78, 5) is 12.2. The van der Waals surface area contributed by atoms with Gasteiger partial charge in [0.05, 0.1) is 0 Å². The van der Waals surface area contributed by atoms with E-state index in [9.17, 15) is 0 Å². The number of nitrogens with one attached hydrogen (secondary N) is 1. The number of nitrogens with zero attached hydrogens (tertiary/aromatic N) is 3. The molecule has 16 heavy (non-hydrogen) atoms. The molecule has 0 saturated heterocycles. The summed E-state index contributed by atoms with van der Waals surface area (Å²) < 4.78 is 0. The molecule has 0 aromatic carbocycles. The molecule has 4 heteroatoms. The minimum Gasteiger partial charge on any atom is -0.313 e. The van der Waals surface area contributed by atoms with Gasteiger partial charge in [0.1, 0.15) is 6.33 Å². The highest BCUT2D eigenvalue weighted by Crippen LogP contribution is 2.16. The van der Waals surface area contributed by atoms with E-state index in [4.69, 9.17) is 0 Å². The first kappa shape index (κ1) is 10.7. The van der Waals surface area contributed by atoms with Gasteiger partial charge in [-0.25, -0.2) is 9.97 Å². The number of rotatable bonds is 4. The van der Waals surface area contributed by atoms with Crippen LogP contribution in [0.3, 0.4) is 0 Å². The number of pyridine rings is 1. The van der Waals surface area contributed by atoms with Crippen molar-refractivity contribution in [2.24, 2.45) is 0 Å². The SMILES string of the molecule is CCNCc1cncc(-c2cncnc2)c1. The van der Waals surface area contributed by atoms with E-state index in [1.54, 1.807) is 12.4 Å². The number of hydrogen-bond donors (Lipinski definition) is 1. The predicted molar refractivity (Wildman–Crippen MR) is 62.6 cm³/mol. The van der Waals surface area contributed by atoms with E-state index in [2.05, 4.69) is 33.3 Å². The summed E-state index contributed by atoms with van der Waals surface area (Å²) in [7, 11) is 0. The Morgan fingerprint density at radius 2 is 1.75 bits per heavy atom. The van der Waals surface area contributed by atoms with Crippen LogP contribution in [0.4, 0.5) is 0 Å². The minimum absolute atomic E-state index is 0.838. The van der Waals surface area contributed by atoms with E-state index in [0.29, 0.717) is 0 Å². The maximum Gasteiger partial charge on any atom is 0.115 e. The number of hydrogen-bond acceptors (Lipinski definition) is 4. The summed E-state index contributed by atoms with van der Waals surface area (Å²) in [5.41, 5.74) is 3.22. The Morgan fingerprint density at radius 1 is 1.00 bits per heavy atom. The molecule has 4 nitrogen and oxygen atoms in total. The molecule has 0 bridgehead atoms. The molecule has 0 unspecified atom stereocenters. The van der Waals surface area contributed by atoms with E-state index in [1.807, 2.05) is 12.4 Å². The lowest BCUT2D eigenvalue weighted by Crippen LogP contribution is -2.11. The Bertz CT molecular complexity index is 442. The fraction of sp³-hybridized carbons (Fsp3) is 0.250. The van der Waals surface area contributed by atoms with Crippen LogP contribution < -0.4 is 5.32 Å². The lowest BCUT2D eigenvalue weighted by Gasteiger charge is -2.04. The van der Waals surface area contributed by atoms with Gasteiger partial charge in [0.15, 0.2) is 0 Å². The molecular formula is C12H14N4. The summed E-state index contributed by atoms with van der Waals surface area (Å²) in [6, 6.07) is 2.11. The van der Waals surface area contributed by atoms with Crippen molar-refractivity contribution in [3.63, 3.8) is 0 Å². The van der Waals surface area contributed by atoms with Crippen molar-refractivity contribution < 1.29 is 0 Å². The van der Waals surface area contributed by atoms with Crippen molar-refractivity contribution in [1.82, 2.24) is 20.3 Å². The second kappa shape index (κ2) is 5.32. The summed E-state index contributed by atoms with van der Waals surface area (Å²) >= 11 is 0. The second-order valence-corrected chi connectivity index (χ2v) is 3.49. The summed E-state index contributed by atoms with van der Waals surface area (Å²) in [6.45, 7) is 3.88. The van der Waals surface area contributed by atoms with Crippen LogP contribution in [0.2, 0.25) is 0 Å². The van der Waals surface area contributed by atoms with Gasteiger partial charge in [-0.2, -0.15) is 0 Å². The Labute approximate surface area is 94.8 Å². The van der Waals surface area contributed by atoms with Crippen LogP contribution in [0.15, 0.2) is 37.2 Å². The van der Waals surface area contributed by atoms with E-state index < -0.39 is 0 Å². The minimum atomic E-state index is 0.838. The first-order valence-electron chi connectivity index (χ1n) is 5.30. The van der Waals surface area contributed by atoms with Crippen LogP contribution in [-0.4, -0.2) is 21.5 Å². The molecule has 2 aromatic heterocycles. The van der Waals surface area contributed by atoms with Gasteiger partial charge in [-0.3, -0.25) is 4.98 Å². The van der Waals surface area contributed by atoms with Crippen molar-refractivity contribution in [3.05, 3.63) is 42.7 Å². The third kappa shape index (κ3) is 2.61. The highest BCUT2D eigenvalue weighted by atomic mass is 14.8. The Morgan fingerprint density at radius 3 is 2.50 bits per heavy atom. The van der Waals surface area contributed by atoms with Gasteiger partial charge in [0.25, 0.3) is 0 Å². The summed E-state index contributed by atoms with van der Waals surface area (Å²) in [5, 5.41) is 3.27. The third-order valence-corrected chi connectivity index (χ3v) is 2.27. The molecule has 1 N–H and O–H groups in total. The van der Waals surface area contributed by atoms with Crippen LogP contribution in [0.25, 0.3) is 11.1 Å². The van der Waals surface area contributed by atoms with Gasteiger partial charge in [-0.05, 0) is 18.2 Å². The largest absolute Gasteiger partial charge is 0.313 e. The molecule has 0 atom stereocenters. The molecule has 0 amide bonds. The highest BCUT2D eigenvalue weighted by Gasteiger charge is 2.00. The molecule has 0 saturated carbocycles. The van der Waals surface area contributed by atoms with Crippen molar-refractivity contribution in [1.29, 1.82) is 0 Å². The molecule has 0 aliphatic rings. The summed E-state index contributed by atoms with van der Waals surface area (Å²) in [6.07, 6.45) is 8.81. The standard InChI is InChI=1S/C12H14N4/c1-2-13-4-10-3-11(6-14-5-10)12-7-15-9-16-8-12/h3,5-9,13H,2,4H2,1H3. The molecule has 0 radical (unpaired) electrons. The maximum atomic E-state index is 4.22. The van der Waals surface area contributed by atoms with Gasteiger partial charge in [0.2, 0.25) is 0 Å². The van der Waals surface area contributed by atoms with Crippen LogP contribution in [0.5, 0.6) is 0 Å². The Hall–Kier alpha value is -1.81. The molecule has 0 fully saturated rings. The molecule has 0 aliphatic heterocycles. The van der Waals surface area contributed by atoms with Gasteiger partial charge in [-0.15, -0.1) is 0 Å². The average molecular weight is 214 g/mol. The average Bonchev–Trinajstić information content (AvgIpc) is 2.38. The van der Waals surface area contributed by atoms with Crippen molar-refractivity contribution in [2.45, 2.75) is 13.5 Å². The Balaban J connectivity index is 2.22. The van der Waals surface area contributed by atoms with E-state index in [-0.39, 0.29) is 0 Å². The number of aromatic nitrogens is 3. The maximum absolute atomic E-state index is 4.22. The van der Waals surface area contributed by atoms with Gasteiger partial charge >= 0.3 is 0 Å². The molecule has 82 valence electrons. The van der Waals surface area contributed by atoms with Crippen LogP contribution in [0.1, 0.15) is 12.5 Å². The molecule has 2 aromatic rings. The molecule has 0 aliphatic carbocycles. The first-order valence-corrected chi connectivity index (χ1v) is 5.30. The van der Waals surface area contributed by atoms with E-state index in [1.165, 1.54) is 11.9 Å². The first-order chi connectivity index (χ1) is 7.90. The van der Waals surface area contributed by atoms with Crippen LogP contribution in [-0.2, 0) is 6.54 Å². The van der Waals surface area contributed by atoms with Gasteiger partial charge < -0.3 is 5.32 Å². The quantitative estimate of drug-likeness (QED) is 0.840. The zero-order chi connectivity index (χ0) is 11.2. The topological polar surface area (TPSA) is 50.7 Å². The normalized spacial score (nSPS) is 10.3. The zero-order valence-corrected chi connectivity index (χ0v) is 9.22. The lowest BCUT2D eigenvalue weighted by atomic mass is 10.1. The fourth-order valence-corrected chi connectivity index (χ4v) is 1.46. The predicted octanol–water partition coefficient (Wildman–Crippen LogP) is 1.65. The lowest BCUT2D eigenvalue weighted by molar-refractivity contribution is 0.724. The van der Waals surface area contributed by atoms with Gasteiger partial charge in [0, 0.05) is 42.5 Å². The van der Waals surface area contributed by atoms with Gasteiger partial charge in [-0.1, -0.05) is 6.92 Å². The molecular weight excluding hydrogens is 200 g/mol. The Kier molecular flexibility index (Phi) is 3.56. The van der Waals surface area contributed by atoms with Crippen molar-refractivity contribution in [3.8, 4) is 11.1 Å². The van der Waals surface area contributed by atoms with E-state index in [0.717, 1.165) is 24.2 Å². The highest BCUT2D eigenvalue weighted by molar-refractivity contribution is 5.60. The second-order valence-electron chi connectivity index (χ2n) is 3.49. The smallest absolute Gasteiger partial charge is 0.115 e. The van der Waals surface area contributed by atoms with Crippen molar-refractivity contribution >= 4 is 0 Å². The fourth-order valence-electron chi connectivity index (χ4n) is 1.46. The van der Waals surface area contributed by atoms with Crippen LogP contribution >= 0.6 is 0 Å². The summed E-state index contributed by atoms with van der Waals surface area (Å²) in [5.74, 6) is 0. The van der Waals surface area contributed by atoms with Crippen LogP contribution in [0, 0.1) is 0 Å². The molecule has 2 rings (SSSR count).